The van der Waals surface area contributed by atoms with Gasteiger partial charge in [-0.15, -0.1) is 0 Å². The van der Waals surface area contributed by atoms with Crippen molar-refractivity contribution >= 4 is 0 Å². The average molecular weight is 628 g/mol. The maximum atomic E-state index is 15.2. The zero-order chi connectivity index (χ0) is 33.4. The number of nitrogens with zero attached hydrogens (tertiary/aromatic N) is 10. The molecule has 0 amide bonds. The highest BCUT2D eigenvalue weighted by atomic mass is 19.2. The number of rotatable bonds is 4. The summed E-state index contributed by atoms with van der Waals surface area (Å²) in [5, 5.41) is 37.6. The molecular weight excluding hydrogens is 619 g/mol. The van der Waals surface area contributed by atoms with Crippen LogP contribution < -0.4 is 10.7 Å². The maximum Gasteiger partial charge on any atom is 0.182 e. The van der Waals surface area contributed by atoms with E-state index in [1.165, 1.54) is 36.5 Å². The van der Waals surface area contributed by atoms with Crippen LogP contribution in [0.25, 0.3) is 45.3 Å². The molecule has 0 N–H and O–H groups in total. The zero-order valence-electron chi connectivity index (χ0n) is 23.1. The van der Waals surface area contributed by atoms with Crippen LogP contribution >= 0.6 is 0 Å². The van der Waals surface area contributed by atoms with Gasteiger partial charge in [0.2, 0.25) is 0 Å². The van der Waals surface area contributed by atoms with Crippen molar-refractivity contribution in [3.8, 4) is 69.6 Å². The number of pyridine rings is 1. The molecule has 0 atom stereocenters. The quantitative estimate of drug-likeness (QED) is 0.154. The number of allylic oxidation sites excluding steroid dienone is 1. The van der Waals surface area contributed by atoms with Gasteiger partial charge in [0.25, 0.3) is 0 Å². The summed E-state index contributed by atoms with van der Waals surface area (Å²) in [5.74, 6) is -10.2. The van der Waals surface area contributed by atoms with Gasteiger partial charge in [0.15, 0.2) is 52.1 Å². The van der Waals surface area contributed by atoms with Crippen molar-refractivity contribution in [1.82, 2.24) is 19.9 Å². The normalized spacial score (nSPS) is 11.3. The Balaban J connectivity index is 1.61. The summed E-state index contributed by atoms with van der Waals surface area (Å²) >= 11 is 0. The minimum Gasteiger partial charge on any atom is -0.261 e. The second-order valence-corrected chi connectivity index (χ2v) is 9.51. The minimum absolute atomic E-state index is 0.0626. The van der Waals surface area contributed by atoms with Crippen LogP contribution in [-0.4, -0.2) is 19.9 Å². The van der Waals surface area contributed by atoms with E-state index < -0.39 is 51.6 Å². The first kappa shape index (κ1) is 29.8. The molecule has 10 nitrogen and oxygen atoms in total. The molecular formula is C32H9F5N10. The van der Waals surface area contributed by atoms with Gasteiger partial charge in [0, 0.05) is 22.9 Å². The second-order valence-electron chi connectivity index (χ2n) is 9.51. The number of halogens is 5. The molecule has 0 radical (unpaired) electrons. The van der Waals surface area contributed by atoms with Crippen molar-refractivity contribution in [2.45, 2.75) is 0 Å². The van der Waals surface area contributed by atoms with Crippen molar-refractivity contribution < 1.29 is 22.0 Å². The number of hydrogen-bond donors (Lipinski definition) is 0. The summed E-state index contributed by atoms with van der Waals surface area (Å²) in [6.45, 7) is 0. The summed E-state index contributed by atoms with van der Waals surface area (Å²) in [7, 11) is 0. The molecule has 0 unspecified atom stereocenters. The summed E-state index contributed by atoms with van der Waals surface area (Å²) < 4.78 is 73.5. The van der Waals surface area contributed by atoms with Crippen molar-refractivity contribution in [2.75, 3.05) is 0 Å². The average Bonchev–Trinajstić information content (AvgIpc) is 3.52. The number of fused-ring (bicyclic) bond motifs is 1. The molecule has 6 rings (SSSR count). The van der Waals surface area contributed by atoms with Crippen molar-refractivity contribution in [3.63, 3.8) is 0 Å². The first-order valence-corrected chi connectivity index (χ1v) is 13.0. The smallest absolute Gasteiger partial charge is 0.182 e. The fraction of sp³-hybridized carbons (Fsp3) is 0. The lowest BCUT2D eigenvalue weighted by molar-refractivity contribution is 0.453. The van der Waals surface area contributed by atoms with E-state index in [4.69, 9.17) is 5.26 Å². The molecule has 0 saturated heterocycles. The Morgan fingerprint density at radius 1 is 0.596 bits per heavy atom. The highest BCUT2D eigenvalue weighted by Crippen LogP contribution is 2.33. The first-order chi connectivity index (χ1) is 22.7. The van der Waals surface area contributed by atoms with Crippen LogP contribution in [0.1, 0.15) is 11.1 Å². The third-order valence-corrected chi connectivity index (χ3v) is 6.82. The Kier molecular flexibility index (Phi) is 7.42. The highest BCUT2D eigenvalue weighted by Gasteiger charge is 2.29. The van der Waals surface area contributed by atoms with Crippen LogP contribution in [0.3, 0.4) is 0 Å². The van der Waals surface area contributed by atoms with Crippen LogP contribution in [0.15, 0.2) is 76.2 Å². The van der Waals surface area contributed by atoms with Gasteiger partial charge in [0.05, 0.1) is 22.7 Å². The Morgan fingerprint density at radius 3 is 1.83 bits per heavy atom. The van der Waals surface area contributed by atoms with Crippen LogP contribution in [-0.2, 0) is 0 Å². The predicted octanol–water partition coefficient (Wildman–Crippen LogP) is 4.89. The zero-order valence-corrected chi connectivity index (χ0v) is 23.1. The van der Waals surface area contributed by atoms with Gasteiger partial charge < -0.3 is 0 Å². The predicted molar refractivity (Wildman–Crippen MR) is 149 cm³/mol. The van der Waals surface area contributed by atoms with Gasteiger partial charge in [-0.3, -0.25) is 4.98 Å². The van der Waals surface area contributed by atoms with Gasteiger partial charge in [-0.05, 0) is 23.8 Å². The van der Waals surface area contributed by atoms with E-state index in [-0.39, 0.29) is 44.9 Å². The Labute approximate surface area is 259 Å². The Hall–Kier alpha value is -7.23. The standard InChI is InChI=1S/C32H9F5N10/c33-18-7-16(12-42-13-18)14-1-3-15(4-2-14)29-45-31(47-32(46-29)23-26(36)24(34)21(11-41)25(35)27(23)37)19-5-6-22-28(20(19)10-40)44-30(43-22)17(8-38)9-39/h1-7,12-13H. The molecule has 1 aliphatic heterocycles. The van der Waals surface area contributed by atoms with Crippen molar-refractivity contribution in [1.29, 1.82) is 21.0 Å². The highest BCUT2D eigenvalue weighted by molar-refractivity contribution is 5.72. The SMILES string of the molecule is N#CC(C#N)=C1N=c2ccc(-c3nc(-c4ccc(-c5cncc(F)c5)cc4)nc(-c4c(F)c(F)c(C#N)c(F)c4F)n3)c(C#N)c2=N1. The van der Waals surface area contributed by atoms with E-state index in [0.717, 1.165) is 12.3 Å². The van der Waals surface area contributed by atoms with E-state index in [2.05, 4.69) is 29.9 Å². The lowest BCUT2D eigenvalue weighted by Gasteiger charge is -2.12. The summed E-state index contributed by atoms with van der Waals surface area (Å²) in [4.78, 5) is 24.5. The molecule has 222 valence electrons. The lowest BCUT2D eigenvalue weighted by atomic mass is 10.0. The van der Waals surface area contributed by atoms with E-state index in [1.54, 1.807) is 24.3 Å². The molecule has 5 aromatic rings. The molecule has 1 aliphatic rings. The van der Waals surface area contributed by atoms with Gasteiger partial charge >= 0.3 is 0 Å². The largest absolute Gasteiger partial charge is 0.261 e. The summed E-state index contributed by atoms with van der Waals surface area (Å²) in [5.41, 5.74) is -2.40. The van der Waals surface area contributed by atoms with E-state index in [0.29, 0.717) is 11.1 Å². The third kappa shape index (κ3) is 5.06. The van der Waals surface area contributed by atoms with Gasteiger partial charge in [-0.2, -0.15) is 21.0 Å². The van der Waals surface area contributed by atoms with E-state index >= 15 is 8.78 Å². The van der Waals surface area contributed by atoms with Crippen LogP contribution in [0.4, 0.5) is 22.0 Å². The monoisotopic (exact) mass is 628 g/mol. The Bertz CT molecular complexity index is 2470. The van der Waals surface area contributed by atoms with Crippen molar-refractivity contribution in [3.05, 3.63) is 117 Å². The Morgan fingerprint density at radius 2 is 1.21 bits per heavy atom. The molecule has 15 heteroatoms. The summed E-state index contributed by atoms with van der Waals surface area (Å²) in [6.07, 6.45) is 2.44. The topological polar surface area (TPSA) is 171 Å². The molecule has 0 fully saturated rings. The molecule has 3 heterocycles. The van der Waals surface area contributed by atoms with E-state index in [1.807, 2.05) is 6.07 Å². The molecule has 0 aliphatic carbocycles. The first-order valence-electron chi connectivity index (χ1n) is 13.0. The fourth-order valence-electron chi connectivity index (χ4n) is 4.61. The molecule has 0 bridgehead atoms. The van der Waals surface area contributed by atoms with Gasteiger partial charge in [0.1, 0.15) is 41.0 Å². The molecule has 2 aromatic heterocycles. The van der Waals surface area contributed by atoms with E-state index in [9.17, 15) is 29.0 Å². The number of aromatic nitrogens is 4. The fourth-order valence-corrected chi connectivity index (χ4v) is 4.61. The van der Waals surface area contributed by atoms with Crippen LogP contribution in [0.5, 0.6) is 0 Å². The van der Waals surface area contributed by atoms with Gasteiger partial charge in [-0.25, -0.2) is 46.9 Å². The summed E-state index contributed by atoms with van der Waals surface area (Å²) in [6, 6.07) is 16.2. The number of hydrogen-bond acceptors (Lipinski definition) is 10. The van der Waals surface area contributed by atoms with Crippen LogP contribution in [0, 0.1) is 74.4 Å². The second kappa shape index (κ2) is 11.7. The molecule has 0 spiro atoms. The lowest BCUT2D eigenvalue weighted by Crippen LogP contribution is -2.25. The number of nitriles is 4. The van der Waals surface area contributed by atoms with Crippen molar-refractivity contribution in [2.24, 2.45) is 9.98 Å². The molecule has 3 aromatic carbocycles. The van der Waals surface area contributed by atoms with Crippen LogP contribution in [0.2, 0.25) is 0 Å². The molecule has 47 heavy (non-hydrogen) atoms. The third-order valence-electron chi connectivity index (χ3n) is 6.82. The molecule has 0 saturated carbocycles. The maximum absolute atomic E-state index is 15.2. The number of benzene rings is 3. The van der Waals surface area contributed by atoms with Gasteiger partial charge in [-0.1, -0.05) is 24.3 Å². The minimum atomic E-state index is -1.97.